The molecule has 1 aliphatic heterocycles. The molecule has 0 bridgehead atoms. The summed E-state index contributed by atoms with van der Waals surface area (Å²) in [5, 5.41) is 9.23. The summed E-state index contributed by atoms with van der Waals surface area (Å²) in [6.07, 6.45) is 0.654. The highest BCUT2D eigenvalue weighted by Crippen LogP contribution is 2.35. The van der Waals surface area contributed by atoms with Crippen LogP contribution in [-0.2, 0) is 10.0 Å². The van der Waals surface area contributed by atoms with Gasteiger partial charge in [0.2, 0.25) is 10.0 Å². The van der Waals surface area contributed by atoms with Crippen LogP contribution in [0.1, 0.15) is 27.6 Å². The number of sulfonamides is 1. The first-order valence-corrected chi connectivity index (χ1v) is 10.6. The van der Waals surface area contributed by atoms with E-state index in [1.807, 2.05) is 30.3 Å². The van der Waals surface area contributed by atoms with E-state index in [4.69, 9.17) is 5.11 Å². The van der Waals surface area contributed by atoms with Crippen LogP contribution >= 0.6 is 11.8 Å². The van der Waals surface area contributed by atoms with Gasteiger partial charge in [-0.3, -0.25) is 0 Å². The molecule has 0 aliphatic carbocycles. The van der Waals surface area contributed by atoms with Gasteiger partial charge in [0.15, 0.2) is 0 Å². The molecule has 0 radical (unpaired) electrons. The largest absolute Gasteiger partial charge is 0.478 e. The highest BCUT2D eigenvalue weighted by atomic mass is 32.2. The van der Waals surface area contributed by atoms with E-state index in [-0.39, 0.29) is 10.1 Å². The number of carboxylic acid groups (broad SMARTS) is 1. The molecule has 0 spiro atoms. The van der Waals surface area contributed by atoms with Crippen molar-refractivity contribution in [3.8, 4) is 0 Å². The Morgan fingerprint density at radius 1 is 1.15 bits per heavy atom. The van der Waals surface area contributed by atoms with Gasteiger partial charge < -0.3 is 5.11 Å². The van der Waals surface area contributed by atoms with Gasteiger partial charge in [-0.25, -0.2) is 17.6 Å². The lowest BCUT2D eigenvalue weighted by atomic mass is 10.1. The first-order valence-electron chi connectivity index (χ1n) is 8.09. The summed E-state index contributed by atoms with van der Waals surface area (Å²) >= 11 is 1.70. The van der Waals surface area contributed by atoms with Crippen molar-refractivity contribution in [2.24, 2.45) is 0 Å². The van der Waals surface area contributed by atoms with E-state index in [1.54, 1.807) is 11.8 Å². The van der Waals surface area contributed by atoms with Crippen molar-refractivity contribution in [2.45, 2.75) is 16.6 Å². The summed E-state index contributed by atoms with van der Waals surface area (Å²) in [5.41, 5.74) is 0.518. The molecule has 1 aliphatic rings. The van der Waals surface area contributed by atoms with Gasteiger partial charge in [-0.1, -0.05) is 30.3 Å². The van der Waals surface area contributed by atoms with Crippen molar-refractivity contribution in [2.75, 3.05) is 18.8 Å². The summed E-state index contributed by atoms with van der Waals surface area (Å²) in [6, 6.07) is 12.8. The molecule has 1 fully saturated rings. The maximum atomic E-state index is 13.6. The molecule has 3 rings (SSSR count). The van der Waals surface area contributed by atoms with Crippen LogP contribution in [0.4, 0.5) is 4.39 Å². The van der Waals surface area contributed by atoms with Gasteiger partial charge in [0.05, 0.1) is 10.5 Å². The van der Waals surface area contributed by atoms with Crippen LogP contribution in [-0.4, -0.2) is 42.6 Å². The van der Waals surface area contributed by atoms with Crippen molar-refractivity contribution in [1.82, 2.24) is 4.31 Å². The number of carboxylic acids is 1. The van der Waals surface area contributed by atoms with Crippen molar-refractivity contribution in [3.63, 3.8) is 0 Å². The molecule has 1 atom stereocenters. The van der Waals surface area contributed by atoms with Crippen molar-refractivity contribution in [1.29, 1.82) is 0 Å². The van der Waals surface area contributed by atoms with E-state index in [0.29, 0.717) is 25.3 Å². The fraction of sp³-hybridized carbons (Fsp3) is 0.278. The second kappa shape index (κ2) is 7.77. The van der Waals surface area contributed by atoms with Crippen LogP contribution in [0.2, 0.25) is 0 Å². The Kier molecular flexibility index (Phi) is 5.64. The molecule has 0 saturated carbocycles. The molecular formula is C18H18FNO4S2. The van der Waals surface area contributed by atoms with E-state index >= 15 is 0 Å². The zero-order valence-corrected chi connectivity index (χ0v) is 15.5. The zero-order chi connectivity index (χ0) is 18.7. The van der Waals surface area contributed by atoms with Crippen molar-refractivity contribution < 1.29 is 22.7 Å². The lowest BCUT2D eigenvalue weighted by Crippen LogP contribution is -2.33. The standard InChI is InChI=1S/C18H18FNO4S2/c19-16-7-6-14(12-15(16)18(21)22)26(23,24)20-9-8-17(25-11-10-20)13-4-2-1-3-5-13/h1-7,12,17H,8-11H2,(H,21,22)/t17-/m1/s1. The molecule has 2 aromatic carbocycles. The van der Waals surface area contributed by atoms with Gasteiger partial charge in [-0.15, -0.1) is 0 Å². The minimum Gasteiger partial charge on any atom is -0.478 e. The molecule has 1 N–H and O–H groups in total. The number of thioether (sulfide) groups is 1. The molecule has 26 heavy (non-hydrogen) atoms. The van der Waals surface area contributed by atoms with Crippen LogP contribution < -0.4 is 0 Å². The Bertz CT molecular complexity index is 903. The third kappa shape index (κ3) is 3.92. The zero-order valence-electron chi connectivity index (χ0n) is 13.8. The minimum absolute atomic E-state index is 0.195. The van der Waals surface area contributed by atoms with E-state index in [0.717, 1.165) is 23.8 Å². The third-order valence-corrected chi connectivity index (χ3v) is 7.50. The summed E-state index contributed by atoms with van der Waals surface area (Å²) in [6.45, 7) is 0.658. The Morgan fingerprint density at radius 2 is 1.88 bits per heavy atom. The molecule has 1 saturated heterocycles. The van der Waals surface area contributed by atoms with E-state index in [9.17, 15) is 17.6 Å². The smallest absolute Gasteiger partial charge is 0.338 e. The summed E-state index contributed by atoms with van der Waals surface area (Å²) in [4.78, 5) is 10.9. The Labute approximate surface area is 155 Å². The molecule has 5 nitrogen and oxygen atoms in total. The first kappa shape index (κ1) is 18.9. The lowest BCUT2D eigenvalue weighted by molar-refractivity contribution is 0.0691. The van der Waals surface area contributed by atoms with Crippen LogP contribution in [0.3, 0.4) is 0 Å². The quantitative estimate of drug-likeness (QED) is 0.859. The maximum Gasteiger partial charge on any atom is 0.338 e. The predicted molar refractivity (Wildman–Crippen MR) is 98.4 cm³/mol. The van der Waals surface area contributed by atoms with Crippen LogP contribution in [0.5, 0.6) is 0 Å². The average Bonchev–Trinajstić information content (AvgIpc) is 2.89. The highest BCUT2D eigenvalue weighted by Gasteiger charge is 2.29. The van der Waals surface area contributed by atoms with Gasteiger partial charge >= 0.3 is 5.97 Å². The second-order valence-electron chi connectivity index (χ2n) is 5.91. The number of nitrogens with zero attached hydrogens (tertiary/aromatic N) is 1. The van der Waals surface area contributed by atoms with E-state index in [2.05, 4.69) is 0 Å². The molecule has 1 heterocycles. The third-order valence-electron chi connectivity index (χ3n) is 4.28. The number of carbonyl (C=O) groups is 1. The molecule has 138 valence electrons. The monoisotopic (exact) mass is 395 g/mol. The summed E-state index contributed by atoms with van der Waals surface area (Å²) < 4.78 is 40.7. The van der Waals surface area contributed by atoms with Crippen LogP contribution in [0.15, 0.2) is 53.4 Å². The van der Waals surface area contributed by atoms with Crippen molar-refractivity contribution in [3.05, 3.63) is 65.5 Å². The molecular weight excluding hydrogens is 377 g/mol. The maximum absolute atomic E-state index is 13.6. The highest BCUT2D eigenvalue weighted by molar-refractivity contribution is 7.99. The fourth-order valence-corrected chi connectivity index (χ4v) is 5.73. The molecule has 0 aromatic heterocycles. The number of rotatable bonds is 4. The fourth-order valence-electron chi connectivity index (χ4n) is 2.90. The van der Waals surface area contributed by atoms with Gasteiger partial charge in [0.1, 0.15) is 5.82 Å². The number of hydrogen-bond donors (Lipinski definition) is 1. The van der Waals surface area contributed by atoms with Crippen LogP contribution in [0.25, 0.3) is 0 Å². The molecule has 0 unspecified atom stereocenters. The van der Waals surface area contributed by atoms with Gasteiger partial charge in [0, 0.05) is 24.1 Å². The Balaban J connectivity index is 1.82. The molecule has 2 aromatic rings. The van der Waals surface area contributed by atoms with E-state index < -0.39 is 27.4 Å². The number of hydrogen-bond acceptors (Lipinski definition) is 4. The molecule has 0 amide bonds. The van der Waals surface area contributed by atoms with Gasteiger partial charge in [-0.2, -0.15) is 16.1 Å². The SMILES string of the molecule is O=C(O)c1cc(S(=O)(=O)N2CCS[C@@H](c3ccccc3)CC2)ccc1F. The number of aromatic carboxylic acids is 1. The summed E-state index contributed by atoms with van der Waals surface area (Å²) in [5.74, 6) is -1.81. The lowest BCUT2D eigenvalue weighted by Gasteiger charge is -2.20. The van der Waals surface area contributed by atoms with E-state index in [1.165, 1.54) is 4.31 Å². The van der Waals surface area contributed by atoms with Gasteiger partial charge in [0.25, 0.3) is 0 Å². The summed E-state index contributed by atoms with van der Waals surface area (Å²) in [7, 11) is -3.87. The minimum atomic E-state index is -3.87. The van der Waals surface area contributed by atoms with Gasteiger partial charge in [-0.05, 0) is 30.2 Å². The topological polar surface area (TPSA) is 74.7 Å². The van der Waals surface area contributed by atoms with Crippen molar-refractivity contribution >= 4 is 27.8 Å². The number of halogens is 1. The number of benzene rings is 2. The normalized spacial score (nSPS) is 19.0. The average molecular weight is 395 g/mol. The Morgan fingerprint density at radius 3 is 2.58 bits per heavy atom. The molecule has 8 heteroatoms. The van der Waals surface area contributed by atoms with Crippen LogP contribution in [0, 0.1) is 5.82 Å². The Hall–Kier alpha value is -1.90. The predicted octanol–water partition coefficient (Wildman–Crippen LogP) is 3.39. The second-order valence-corrected chi connectivity index (χ2v) is 9.16. The first-order chi connectivity index (χ1) is 12.4.